The fourth-order valence-electron chi connectivity index (χ4n) is 5.08. The number of carbonyl (C=O) groups excluding carboxylic acids is 2. The average Bonchev–Trinajstić information content (AvgIpc) is 3.06. The molecule has 1 aliphatic heterocycles. The quantitative estimate of drug-likeness (QED) is 0.626. The second kappa shape index (κ2) is 9.90. The third kappa shape index (κ3) is 6.00. The molecule has 1 aromatic carbocycles. The number of hydrogen-bond donors (Lipinski definition) is 3. The first-order chi connectivity index (χ1) is 15.0. The lowest BCUT2D eigenvalue weighted by Crippen LogP contribution is -2.59. The summed E-state index contributed by atoms with van der Waals surface area (Å²) in [5.41, 5.74) is 0.817. The van der Waals surface area contributed by atoms with Gasteiger partial charge in [-0.3, -0.25) is 14.5 Å². The maximum atomic E-state index is 13.4. The van der Waals surface area contributed by atoms with Crippen LogP contribution >= 0.6 is 0 Å². The topological polar surface area (TPSA) is 102 Å². The Labute approximate surface area is 190 Å². The molecule has 0 bridgehead atoms. The van der Waals surface area contributed by atoms with E-state index in [9.17, 15) is 19.5 Å². The van der Waals surface area contributed by atoms with Crippen molar-refractivity contribution in [2.45, 2.75) is 89.6 Å². The summed E-state index contributed by atoms with van der Waals surface area (Å²) in [5, 5.41) is 16.5. The molecule has 0 aromatic heterocycles. The van der Waals surface area contributed by atoms with Crippen molar-refractivity contribution in [3.05, 3.63) is 35.9 Å². The standard InChI is InChI=1S/C24H36N4O4/c1-16(29)25-19-14-18(26-24(2,3)4)10-11-20(19)27-13-12-21(22(27)30)28(23(31)32)15-17-8-6-5-7-9-17/h5-9,18-21,26H,10-15H2,1-4H3,(H,25,29)(H,31,32)/t18-,19-,20+,21+/m1/s1. The van der Waals surface area contributed by atoms with Crippen LogP contribution in [0.1, 0.15) is 58.9 Å². The molecule has 0 unspecified atom stereocenters. The Morgan fingerprint density at radius 3 is 2.44 bits per heavy atom. The summed E-state index contributed by atoms with van der Waals surface area (Å²) in [6.45, 7) is 8.54. The maximum Gasteiger partial charge on any atom is 0.408 e. The van der Waals surface area contributed by atoms with Crippen molar-refractivity contribution in [3.63, 3.8) is 0 Å². The van der Waals surface area contributed by atoms with Gasteiger partial charge in [-0.15, -0.1) is 0 Å². The molecule has 1 saturated carbocycles. The van der Waals surface area contributed by atoms with E-state index in [1.54, 1.807) is 4.90 Å². The van der Waals surface area contributed by atoms with E-state index in [2.05, 4.69) is 31.4 Å². The molecular formula is C24H36N4O4. The molecular weight excluding hydrogens is 408 g/mol. The van der Waals surface area contributed by atoms with Gasteiger partial charge >= 0.3 is 6.09 Å². The van der Waals surface area contributed by atoms with Gasteiger partial charge in [0.1, 0.15) is 6.04 Å². The van der Waals surface area contributed by atoms with Crippen molar-refractivity contribution in [2.24, 2.45) is 0 Å². The molecule has 8 nitrogen and oxygen atoms in total. The molecule has 2 aliphatic rings. The molecule has 3 amide bonds. The van der Waals surface area contributed by atoms with E-state index in [0.29, 0.717) is 13.0 Å². The highest BCUT2D eigenvalue weighted by Gasteiger charge is 2.45. The first kappa shape index (κ1) is 24.0. The van der Waals surface area contributed by atoms with Crippen LogP contribution in [-0.4, -0.2) is 69.1 Å². The number of nitrogens with one attached hydrogen (secondary N) is 2. The first-order valence-electron chi connectivity index (χ1n) is 11.4. The highest BCUT2D eigenvalue weighted by atomic mass is 16.4. The summed E-state index contributed by atoms with van der Waals surface area (Å²) in [7, 11) is 0. The van der Waals surface area contributed by atoms with Gasteiger partial charge < -0.3 is 20.6 Å². The SMILES string of the molecule is CC(=O)N[C@@H]1C[C@H](NC(C)(C)C)CC[C@@H]1N1CC[C@H](N(Cc2ccccc2)C(=O)O)C1=O. The Kier molecular flexibility index (Phi) is 7.44. The van der Waals surface area contributed by atoms with Crippen LogP contribution in [-0.2, 0) is 16.1 Å². The van der Waals surface area contributed by atoms with E-state index in [1.807, 2.05) is 30.3 Å². The normalized spacial score (nSPS) is 26.1. The molecule has 1 aromatic rings. The predicted molar refractivity (Wildman–Crippen MR) is 122 cm³/mol. The van der Waals surface area contributed by atoms with Crippen molar-refractivity contribution in [1.82, 2.24) is 20.4 Å². The van der Waals surface area contributed by atoms with Crippen molar-refractivity contribution in [2.75, 3.05) is 6.54 Å². The van der Waals surface area contributed by atoms with Crippen LogP contribution < -0.4 is 10.6 Å². The van der Waals surface area contributed by atoms with Crippen molar-refractivity contribution in [3.8, 4) is 0 Å². The molecule has 1 saturated heterocycles. The second-order valence-electron chi connectivity index (χ2n) is 10.0. The van der Waals surface area contributed by atoms with Crippen molar-refractivity contribution >= 4 is 17.9 Å². The molecule has 0 radical (unpaired) electrons. The fraction of sp³-hybridized carbons (Fsp3) is 0.625. The molecule has 3 rings (SSSR count). The zero-order valence-electron chi connectivity index (χ0n) is 19.5. The Bertz CT molecular complexity index is 823. The number of amides is 3. The van der Waals surface area contributed by atoms with E-state index >= 15 is 0 Å². The zero-order valence-corrected chi connectivity index (χ0v) is 19.5. The Morgan fingerprint density at radius 1 is 1.16 bits per heavy atom. The summed E-state index contributed by atoms with van der Waals surface area (Å²) >= 11 is 0. The monoisotopic (exact) mass is 444 g/mol. The highest BCUT2D eigenvalue weighted by Crippen LogP contribution is 2.30. The van der Waals surface area contributed by atoms with Crippen LogP contribution in [0, 0.1) is 0 Å². The van der Waals surface area contributed by atoms with Gasteiger partial charge in [0.25, 0.3) is 0 Å². The Morgan fingerprint density at radius 2 is 1.84 bits per heavy atom. The highest BCUT2D eigenvalue weighted by molar-refractivity contribution is 5.87. The van der Waals surface area contributed by atoms with Gasteiger partial charge in [-0.2, -0.15) is 0 Å². The van der Waals surface area contributed by atoms with E-state index < -0.39 is 12.1 Å². The summed E-state index contributed by atoms with van der Waals surface area (Å²) in [6.07, 6.45) is 1.78. The van der Waals surface area contributed by atoms with Crippen molar-refractivity contribution < 1.29 is 19.5 Å². The molecule has 8 heteroatoms. The predicted octanol–water partition coefficient (Wildman–Crippen LogP) is 2.58. The number of hydrogen-bond acceptors (Lipinski definition) is 4. The molecule has 1 aliphatic carbocycles. The van der Waals surface area contributed by atoms with Gasteiger partial charge in [-0.1, -0.05) is 30.3 Å². The first-order valence-corrected chi connectivity index (χ1v) is 11.4. The largest absolute Gasteiger partial charge is 0.465 e. The third-order valence-corrected chi connectivity index (χ3v) is 6.27. The van der Waals surface area contributed by atoms with Gasteiger partial charge in [0.05, 0.1) is 12.1 Å². The van der Waals surface area contributed by atoms with Gasteiger partial charge in [0.2, 0.25) is 11.8 Å². The summed E-state index contributed by atoms with van der Waals surface area (Å²) < 4.78 is 0. The molecule has 4 atom stereocenters. The second-order valence-corrected chi connectivity index (χ2v) is 10.0. The Balaban J connectivity index is 1.73. The van der Waals surface area contributed by atoms with Gasteiger partial charge in [-0.05, 0) is 52.0 Å². The van der Waals surface area contributed by atoms with Crippen molar-refractivity contribution in [1.29, 1.82) is 0 Å². The maximum absolute atomic E-state index is 13.4. The van der Waals surface area contributed by atoms with Crippen LogP contribution in [0.5, 0.6) is 0 Å². The van der Waals surface area contributed by atoms with E-state index in [1.165, 1.54) is 11.8 Å². The molecule has 2 fully saturated rings. The minimum atomic E-state index is -1.09. The minimum Gasteiger partial charge on any atom is -0.465 e. The van der Waals surface area contributed by atoms with Gasteiger partial charge in [0.15, 0.2) is 0 Å². The van der Waals surface area contributed by atoms with E-state index in [0.717, 1.165) is 24.8 Å². The van der Waals surface area contributed by atoms with Crippen LogP contribution in [0.2, 0.25) is 0 Å². The lowest BCUT2D eigenvalue weighted by Gasteiger charge is -2.43. The summed E-state index contributed by atoms with van der Waals surface area (Å²) in [4.78, 5) is 40.3. The van der Waals surface area contributed by atoms with Crippen LogP contribution in [0.15, 0.2) is 30.3 Å². The lowest BCUT2D eigenvalue weighted by atomic mass is 9.84. The number of benzene rings is 1. The fourth-order valence-corrected chi connectivity index (χ4v) is 5.08. The van der Waals surface area contributed by atoms with Crippen LogP contribution in [0.4, 0.5) is 4.79 Å². The number of carbonyl (C=O) groups is 3. The molecule has 32 heavy (non-hydrogen) atoms. The lowest BCUT2D eigenvalue weighted by molar-refractivity contribution is -0.136. The molecule has 1 heterocycles. The number of rotatable bonds is 6. The molecule has 176 valence electrons. The summed E-state index contributed by atoms with van der Waals surface area (Å²) in [5.74, 6) is -0.276. The van der Waals surface area contributed by atoms with Gasteiger partial charge in [0, 0.05) is 31.6 Å². The Hall–Kier alpha value is -2.61. The molecule has 0 spiro atoms. The zero-order chi connectivity index (χ0) is 23.5. The number of nitrogens with zero attached hydrogens (tertiary/aromatic N) is 2. The number of likely N-dealkylation sites (tertiary alicyclic amines) is 1. The van der Waals surface area contributed by atoms with Crippen LogP contribution in [0.25, 0.3) is 0 Å². The minimum absolute atomic E-state index is 0.0355. The third-order valence-electron chi connectivity index (χ3n) is 6.27. The van der Waals surface area contributed by atoms with E-state index in [4.69, 9.17) is 0 Å². The smallest absolute Gasteiger partial charge is 0.408 e. The summed E-state index contributed by atoms with van der Waals surface area (Å²) in [6, 6.07) is 8.61. The number of carboxylic acid groups (broad SMARTS) is 1. The van der Waals surface area contributed by atoms with E-state index in [-0.39, 0.29) is 42.0 Å². The average molecular weight is 445 g/mol. The molecule has 3 N–H and O–H groups in total. The van der Waals surface area contributed by atoms with Crippen LogP contribution in [0.3, 0.4) is 0 Å². The van der Waals surface area contributed by atoms with Gasteiger partial charge in [-0.25, -0.2) is 4.79 Å².